The lowest BCUT2D eigenvalue weighted by Crippen LogP contribution is -2.50. The highest BCUT2D eigenvalue weighted by Crippen LogP contribution is 2.07. The van der Waals surface area contributed by atoms with Gasteiger partial charge in [0.1, 0.15) is 6.10 Å². The van der Waals surface area contributed by atoms with Crippen molar-refractivity contribution >= 4 is 0 Å². The molecule has 1 saturated heterocycles. The number of rotatable bonds is 2. The Morgan fingerprint density at radius 2 is 2.33 bits per heavy atom. The van der Waals surface area contributed by atoms with E-state index >= 15 is 0 Å². The predicted octanol–water partition coefficient (Wildman–Crippen LogP) is -0.491. The molecule has 0 aromatic rings. The van der Waals surface area contributed by atoms with Crippen LogP contribution in [0, 0.1) is 10.1 Å². The molecule has 1 heterocycles. The predicted molar refractivity (Wildman–Crippen MR) is 29.4 cm³/mol. The fourth-order valence-electron chi connectivity index (χ4n) is 0.830. The van der Waals surface area contributed by atoms with E-state index in [-0.39, 0.29) is 6.10 Å². The van der Waals surface area contributed by atoms with E-state index in [1.165, 1.54) is 0 Å². The van der Waals surface area contributed by atoms with Crippen molar-refractivity contribution in [2.45, 2.75) is 6.10 Å². The van der Waals surface area contributed by atoms with Gasteiger partial charge in [0.15, 0.2) is 0 Å². The zero-order chi connectivity index (χ0) is 6.85. The minimum Gasteiger partial charge on any atom is -0.308 e. The molecule has 0 aromatic carbocycles. The van der Waals surface area contributed by atoms with Gasteiger partial charge >= 0.3 is 0 Å². The summed E-state index contributed by atoms with van der Waals surface area (Å²) < 4.78 is 0. The third-order valence-electron chi connectivity index (χ3n) is 1.27. The summed E-state index contributed by atoms with van der Waals surface area (Å²) in [4.78, 5) is 15.9. The maximum absolute atomic E-state index is 9.67. The normalized spacial score (nSPS) is 21.0. The number of nitrogens with zero attached hydrogens (tertiary/aromatic N) is 2. The lowest BCUT2D eigenvalue weighted by atomic mass is 10.2. The molecule has 9 heavy (non-hydrogen) atoms. The largest absolute Gasteiger partial charge is 0.308 e. The van der Waals surface area contributed by atoms with Crippen molar-refractivity contribution in [2.24, 2.45) is 0 Å². The van der Waals surface area contributed by atoms with Gasteiger partial charge in [-0.05, 0) is 7.05 Å². The van der Waals surface area contributed by atoms with E-state index in [0.29, 0.717) is 13.1 Å². The number of likely N-dealkylation sites (N-methyl/N-ethyl adjacent to an activating group) is 1. The van der Waals surface area contributed by atoms with Gasteiger partial charge in [-0.1, -0.05) is 0 Å². The van der Waals surface area contributed by atoms with Crippen LogP contribution in [0.3, 0.4) is 0 Å². The van der Waals surface area contributed by atoms with Crippen LogP contribution in [-0.4, -0.2) is 36.2 Å². The van der Waals surface area contributed by atoms with Crippen LogP contribution in [0.15, 0.2) is 0 Å². The van der Waals surface area contributed by atoms with E-state index < -0.39 is 5.09 Å². The van der Waals surface area contributed by atoms with Crippen LogP contribution in [0.5, 0.6) is 0 Å². The quantitative estimate of drug-likeness (QED) is 0.375. The van der Waals surface area contributed by atoms with Crippen LogP contribution < -0.4 is 0 Å². The molecule has 52 valence electrons. The van der Waals surface area contributed by atoms with Crippen molar-refractivity contribution < 1.29 is 9.92 Å². The molecule has 0 spiro atoms. The zero-order valence-electron chi connectivity index (χ0n) is 5.11. The molecule has 0 atom stereocenters. The van der Waals surface area contributed by atoms with Crippen molar-refractivity contribution in [3.63, 3.8) is 0 Å². The van der Waals surface area contributed by atoms with Crippen LogP contribution in [0.25, 0.3) is 0 Å². The van der Waals surface area contributed by atoms with Gasteiger partial charge in [-0.3, -0.25) is 0 Å². The van der Waals surface area contributed by atoms with Gasteiger partial charge in [0, 0.05) is 13.1 Å². The van der Waals surface area contributed by atoms with E-state index in [1.807, 2.05) is 11.9 Å². The van der Waals surface area contributed by atoms with Crippen molar-refractivity contribution in [1.29, 1.82) is 0 Å². The van der Waals surface area contributed by atoms with Gasteiger partial charge in [0.25, 0.3) is 5.09 Å². The SMILES string of the molecule is CN1CC(O[N+](=O)[O-])C1. The van der Waals surface area contributed by atoms with Crippen LogP contribution >= 0.6 is 0 Å². The lowest BCUT2D eigenvalue weighted by molar-refractivity contribution is -0.771. The molecule has 0 unspecified atom stereocenters. The summed E-state index contributed by atoms with van der Waals surface area (Å²) in [6.07, 6.45) is -0.190. The second kappa shape index (κ2) is 2.18. The molecule has 0 saturated carbocycles. The number of likely N-dealkylation sites (tertiary alicyclic amines) is 1. The fraction of sp³-hybridized carbons (Fsp3) is 1.00. The first-order valence-electron chi connectivity index (χ1n) is 2.68. The second-order valence-electron chi connectivity index (χ2n) is 2.17. The summed E-state index contributed by atoms with van der Waals surface area (Å²) in [6.45, 7) is 1.34. The van der Waals surface area contributed by atoms with Gasteiger partial charge in [0.05, 0.1) is 0 Å². The van der Waals surface area contributed by atoms with Gasteiger partial charge in [-0.2, -0.15) is 0 Å². The first-order valence-corrected chi connectivity index (χ1v) is 2.68. The molecule has 0 amide bonds. The van der Waals surface area contributed by atoms with Crippen molar-refractivity contribution in [3.05, 3.63) is 10.1 Å². The number of hydrogen-bond acceptors (Lipinski definition) is 4. The average molecular weight is 132 g/mol. The highest BCUT2D eigenvalue weighted by molar-refractivity contribution is 4.75. The summed E-state index contributed by atoms with van der Waals surface area (Å²) in [5.41, 5.74) is 0. The standard InChI is InChI=1S/C4H8N2O3/c1-5-2-4(3-5)9-6(7)8/h4H,2-3H2,1H3. The van der Waals surface area contributed by atoms with Crippen molar-refractivity contribution in [2.75, 3.05) is 20.1 Å². The Labute approximate surface area is 52.3 Å². The Hall–Kier alpha value is -0.840. The van der Waals surface area contributed by atoms with Gasteiger partial charge in [0.2, 0.25) is 0 Å². The molecule has 5 nitrogen and oxygen atoms in total. The monoisotopic (exact) mass is 132 g/mol. The Morgan fingerprint density at radius 1 is 1.78 bits per heavy atom. The summed E-state index contributed by atoms with van der Waals surface area (Å²) in [7, 11) is 1.89. The van der Waals surface area contributed by atoms with E-state index in [4.69, 9.17) is 0 Å². The molecule has 0 N–H and O–H groups in total. The van der Waals surface area contributed by atoms with Gasteiger partial charge in [-0.15, -0.1) is 10.1 Å². The Bertz CT molecular complexity index is 121. The van der Waals surface area contributed by atoms with Gasteiger partial charge < -0.3 is 9.74 Å². The van der Waals surface area contributed by atoms with E-state index in [1.54, 1.807) is 0 Å². The molecule has 5 heteroatoms. The Balaban J connectivity index is 2.11. The Kier molecular flexibility index (Phi) is 1.52. The molecule has 1 fully saturated rings. The molecular formula is C4H8N2O3. The summed E-state index contributed by atoms with van der Waals surface area (Å²) in [5, 5.41) is 8.94. The maximum Gasteiger partial charge on any atom is 0.294 e. The van der Waals surface area contributed by atoms with Crippen molar-refractivity contribution in [3.8, 4) is 0 Å². The summed E-state index contributed by atoms with van der Waals surface area (Å²) >= 11 is 0. The topological polar surface area (TPSA) is 55.6 Å². The average Bonchev–Trinajstić information content (AvgIpc) is 1.60. The van der Waals surface area contributed by atoms with Crippen LogP contribution in [0.2, 0.25) is 0 Å². The minimum atomic E-state index is -0.738. The minimum absolute atomic E-state index is 0.190. The summed E-state index contributed by atoms with van der Waals surface area (Å²) in [5.74, 6) is 0. The van der Waals surface area contributed by atoms with E-state index in [0.717, 1.165) is 0 Å². The second-order valence-corrected chi connectivity index (χ2v) is 2.17. The molecular weight excluding hydrogens is 124 g/mol. The number of hydrogen-bond donors (Lipinski definition) is 0. The van der Waals surface area contributed by atoms with E-state index in [9.17, 15) is 10.1 Å². The molecule has 1 aliphatic rings. The van der Waals surface area contributed by atoms with Crippen molar-refractivity contribution in [1.82, 2.24) is 4.90 Å². The molecule has 0 aliphatic carbocycles. The maximum atomic E-state index is 9.67. The lowest BCUT2D eigenvalue weighted by Gasteiger charge is -2.33. The van der Waals surface area contributed by atoms with Crippen LogP contribution in [-0.2, 0) is 4.84 Å². The fourth-order valence-corrected chi connectivity index (χ4v) is 0.830. The molecule has 0 aromatic heterocycles. The first kappa shape index (κ1) is 6.28. The molecule has 0 radical (unpaired) electrons. The molecule has 1 rings (SSSR count). The first-order chi connectivity index (χ1) is 4.18. The van der Waals surface area contributed by atoms with Crippen LogP contribution in [0.1, 0.15) is 0 Å². The third-order valence-corrected chi connectivity index (χ3v) is 1.27. The van der Waals surface area contributed by atoms with Crippen LogP contribution in [0.4, 0.5) is 0 Å². The highest BCUT2D eigenvalue weighted by Gasteiger charge is 2.26. The zero-order valence-corrected chi connectivity index (χ0v) is 5.11. The Morgan fingerprint density at radius 3 is 2.67 bits per heavy atom. The smallest absolute Gasteiger partial charge is 0.294 e. The van der Waals surface area contributed by atoms with Gasteiger partial charge in [-0.25, -0.2) is 0 Å². The van der Waals surface area contributed by atoms with E-state index in [2.05, 4.69) is 4.84 Å². The molecule has 0 bridgehead atoms. The highest BCUT2D eigenvalue weighted by atomic mass is 17.0. The third kappa shape index (κ3) is 1.53. The summed E-state index contributed by atoms with van der Waals surface area (Å²) in [6, 6.07) is 0. The molecule has 1 aliphatic heterocycles.